The molecule has 9 bridgehead atoms. The van der Waals surface area contributed by atoms with Gasteiger partial charge in [-0.25, -0.2) is 19.1 Å². The third-order valence-corrected chi connectivity index (χ3v) is 25.0. The second-order valence-corrected chi connectivity index (χ2v) is 34.1. The lowest BCUT2D eigenvalue weighted by molar-refractivity contribution is -0.470. The highest BCUT2D eigenvalue weighted by atomic mass is 33.1. The molecule has 1 aliphatic carbocycles. The minimum absolute atomic E-state index is 0.00895. The van der Waals surface area contributed by atoms with Crippen molar-refractivity contribution in [3.05, 3.63) is 66.0 Å². The summed E-state index contributed by atoms with van der Waals surface area (Å²) in [6.45, 7) is 19.0. The van der Waals surface area contributed by atoms with Crippen LogP contribution >= 0.6 is 21.6 Å². The first kappa shape index (κ1) is 84.1. The number of methoxy groups -OCH3 is 1. The van der Waals surface area contributed by atoms with Crippen LogP contribution in [0.4, 0.5) is 15.3 Å². The van der Waals surface area contributed by atoms with Gasteiger partial charge in [-0.1, -0.05) is 59.0 Å². The number of imide groups is 1. The number of rotatable bonds is 36. The molecule has 12 rings (SSSR count). The van der Waals surface area contributed by atoms with Gasteiger partial charge in [-0.05, 0) is 99.8 Å². The topological polar surface area (TPSA) is 349 Å². The first-order valence-corrected chi connectivity index (χ1v) is 41.7. The second-order valence-electron chi connectivity index (χ2n) is 31.0. The van der Waals surface area contributed by atoms with Crippen molar-refractivity contribution in [3.63, 3.8) is 0 Å². The Morgan fingerprint density at radius 2 is 1.44 bits per heavy atom. The summed E-state index contributed by atoms with van der Waals surface area (Å²) in [6.07, 6.45) is 3.44. The third kappa shape index (κ3) is 22.2. The Morgan fingerprint density at radius 3 is 2.18 bits per heavy atom. The number of aliphatic hydroxyl groups excluding tert-OH is 2. The number of anilines is 1. The number of alkyl carbamates (subject to hydrolysis) is 1. The predicted molar refractivity (Wildman–Crippen MR) is 396 cm³/mol. The highest BCUT2D eigenvalue weighted by Gasteiger charge is 2.72. The van der Waals surface area contributed by atoms with Crippen LogP contribution in [0.1, 0.15) is 135 Å². The van der Waals surface area contributed by atoms with Crippen LogP contribution < -0.4 is 10.2 Å². The summed E-state index contributed by atoms with van der Waals surface area (Å²) in [5.41, 5.74) is 3.87. The summed E-state index contributed by atoms with van der Waals surface area (Å²) in [6, 6.07) is 7.00. The van der Waals surface area contributed by atoms with Gasteiger partial charge in [0.05, 0.1) is 195 Å². The van der Waals surface area contributed by atoms with Crippen LogP contribution in [0.25, 0.3) is 0 Å². The lowest BCUT2D eigenvalue weighted by atomic mass is 9.57. The predicted octanol–water partition coefficient (Wildman–Crippen LogP) is 6.87. The average molecular weight is 1590 g/mol. The molecule has 9 aliphatic heterocycles. The largest absolute Gasteiger partial charge is 0.448 e. The standard InChI is InChI=1S/C77H112N6O25S2/c1-46-34-54-12-14-59-47(2)35-56(101-59)18-20-77-40-58(86)67-71-68(72(67)106-77)73(107-77)70-60(105-71)15-13-55(103-70)36-52(84)37-57-62(39-61(102-54)48(46)3)104-63(69(57)92-6)38-53(85)41-78-74(90)99-43-49-8-10-51(11-9-49)82(75(91)100-45-76(4,5)110-109-7)22-25-95-28-31-96-30-27-94-24-21-81-42-50(79-80-81)44-98-33-32-97-29-26-93-23-19-66(89)108-83-64(87)16-17-65(83)88/h8-11,42,46,53-63,67-73,85-86H,2-3,12-41,43-45H2,1,4-7H3,(H,78,90)/t46-,53+,54+,55-,56+,57+,58-,59+,60+,61-,62+,63-,67+,68+,69-,70+,71+,72?,73-,77+/m1/s1. The highest BCUT2D eigenvalue weighted by molar-refractivity contribution is 8.77. The molecule has 3 N–H and O–H groups in total. The number of amides is 4. The molecule has 9 saturated heterocycles. The zero-order valence-electron chi connectivity index (χ0n) is 63.9. The van der Waals surface area contributed by atoms with Crippen molar-refractivity contribution in [2.75, 3.05) is 111 Å². The van der Waals surface area contributed by atoms with Crippen molar-refractivity contribution in [2.24, 2.45) is 23.7 Å². The van der Waals surface area contributed by atoms with E-state index in [1.807, 2.05) is 20.1 Å². The highest BCUT2D eigenvalue weighted by Crippen LogP contribution is 2.61. The van der Waals surface area contributed by atoms with Gasteiger partial charge in [0.1, 0.15) is 30.8 Å². The summed E-state index contributed by atoms with van der Waals surface area (Å²) in [5, 5.41) is 34.7. The van der Waals surface area contributed by atoms with E-state index in [-0.39, 0.29) is 188 Å². The number of nitrogens with one attached hydrogen (secondary N) is 1. The summed E-state index contributed by atoms with van der Waals surface area (Å²) in [5.74, 6) is -3.22. The number of ether oxygens (including phenoxy) is 16. The van der Waals surface area contributed by atoms with Crippen molar-refractivity contribution >= 4 is 63.0 Å². The molecule has 10 aliphatic rings. The van der Waals surface area contributed by atoms with Crippen LogP contribution in [0, 0.1) is 23.7 Å². The molecular weight excluding hydrogens is 1470 g/mol. The number of fused-ring (bicyclic) bond motifs is 7. The van der Waals surface area contributed by atoms with Gasteiger partial charge in [0.25, 0.3) is 11.8 Å². The maximum absolute atomic E-state index is 14.6. The van der Waals surface area contributed by atoms with E-state index in [1.165, 1.54) is 4.90 Å². The molecule has 1 aromatic carbocycles. The molecule has 20 atom stereocenters. The van der Waals surface area contributed by atoms with Crippen LogP contribution in [-0.2, 0) is 120 Å². The van der Waals surface area contributed by atoms with E-state index in [9.17, 15) is 39.0 Å². The number of aromatic nitrogens is 3. The zero-order chi connectivity index (χ0) is 77.5. The van der Waals surface area contributed by atoms with Crippen LogP contribution in [-0.4, -0.2) is 274 Å². The van der Waals surface area contributed by atoms with Crippen molar-refractivity contribution in [2.45, 2.75) is 245 Å². The fourth-order valence-electron chi connectivity index (χ4n) is 16.9. The number of hydrogen-bond donors (Lipinski definition) is 3. The van der Waals surface area contributed by atoms with Gasteiger partial charge in [0.15, 0.2) is 5.79 Å². The number of hydrogen-bond acceptors (Lipinski definition) is 29. The quantitative estimate of drug-likeness (QED) is 0.0271. The third-order valence-electron chi connectivity index (χ3n) is 22.5. The lowest BCUT2D eigenvalue weighted by Gasteiger charge is -2.69. The van der Waals surface area contributed by atoms with Crippen molar-refractivity contribution in [1.29, 1.82) is 0 Å². The Kier molecular flexibility index (Phi) is 30.5. The Balaban J connectivity index is 0.559. The molecule has 1 spiro atoms. The van der Waals surface area contributed by atoms with Gasteiger partial charge in [0, 0.05) is 88.5 Å². The lowest BCUT2D eigenvalue weighted by Crippen LogP contribution is -2.81. The van der Waals surface area contributed by atoms with Gasteiger partial charge in [-0.15, -0.1) is 10.2 Å². The smallest absolute Gasteiger partial charge is 0.414 e. The number of aliphatic hydroxyl groups is 2. The summed E-state index contributed by atoms with van der Waals surface area (Å²) >= 11 is 0. The van der Waals surface area contributed by atoms with Crippen molar-refractivity contribution in [3.8, 4) is 0 Å². The fourth-order valence-corrected chi connectivity index (χ4v) is 18.9. The SMILES string of the molecule is C=C1C[C@@H]2CC[C@]34C[C@@H](O)[C@@H]5C(O3)[C@@H]3[C@H]5O[C@H]5CC[C@H](CC(=O)C[C@@H]6[C@@H](OC)[C@@H](C[C@H](O)CNC(=O)OCc7ccc(N(CCOCCOCCOCCn8cc(COCCOCCOCCC(=O)ON9C(=O)CCC9=O)nn8)C(=O)OCC(C)(C)SSC)cc7)O[C@H]6C[C@H]6O[C@@H](CC[C@@H]1O2)C[C@@H](C)C6=C)O[C@@H]5[C@@H]3O4. The van der Waals surface area contributed by atoms with Gasteiger partial charge in [0.2, 0.25) is 0 Å². The molecule has 33 heteroatoms. The van der Waals surface area contributed by atoms with E-state index in [2.05, 4.69) is 35.7 Å². The van der Waals surface area contributed by atoms with E-state index >= 15 is 0 Å². The average Bonchev–Trinajstić information content (AvgIpc) is 1.34. The maximum Gasteiger partial charge on any atom is 0.414 e. The van der Waals surface area contributed by atoms with Crippen molar-refractivity contribution in [1.82, 2.24) is 25.4 Å². The monoisotopic (exact) mass is 1580 g/mol. The molecule has 612 valence electrons. The number of carbonyl (C=O) groups excluding carboxylic acids is 6. The van der Waals surface area contributed by atoms with Crippen LogP contribution in [0.5, 0.6) is 0 Å². The molecule has 110 heavy (non-hydrogen) atoms. The van der Waals surface area contributed by atoms with E-state index in [0.717, 1.165) is 36.8 Å². The summed E-state index contributed by atoms with van der Waals surface area (Å²) < 4.78 is 101. The Morgan fingerprint density at radius 1 is 0.745 bits per heavy atom. The van der Waals surface area contributed by atoms with E-state index in [4.69, 9.17) is 80.6 Å². The Bertz CT molecular complexity index is 3390. The molecule has 1 unspecified atom stereocenters. The number of Topliss-reactive ketones (excluding diaryl/α,β-unsaturated/α-hetero) is 1. The molecule has 1 saturated carbocycles. The van der Waals surface area contributed by atoms with Gasteiger partial charge in [-0.3, -0.25) is 19.3 Å². The number of hydroxylamine groups is 2. The molecular formula is C77H112N6O25S2. The molecule has 1 aromatic heterocycles. The summed E-state index contributed by atoms with van der Waals surface area (Å²) in [7, 11) is 4.79. The van der Waals surface area contributed by atoms with Crippen LogP contribution in [0.15, 0.2) is 54.8 Å². The Labute approximate surface area is 650 Å². The van der Waals surface area contributed by atoms with E-state index < -0.39 is 78.3 Å². The Hall–Kier alpha value is -5.28. The van der Waals surface area contributed by atoms with E-state index in [0.29, 0.717) is 107 Å². The number of ketones is 1. The molecule has 0 radical (unpaired) electrons. The van der Waals surface area contributed by atoms with Crippen LogP contribution in [0.3, 0.4) is 0 Å². The first-order chi connectivity index (χ1) is 53.1. The van der Waals surface area contributed by atoms with Gasteiger partial charge in [-0.2, -0.15) is 0 Å². The van der Waals surface area contributed by atoms with Crippen molar-refractivity contribution < 1.29 is 120 Å². The minimum atomic E-state index is -1.08. The van der Waals surface area contributed by atoms with Gasteiger partial charge >= 0.3 is 18.2 Å². The normalized spacial score (nSPS) is 32.4. The first-order valence-electron chi connectivity index (χ1n) is 39.1. The van der Waals surface area contributed by atoms with Gasteiger partial charge < -0.3 is 96.2 Å². The molecule has 10 fully saturated rings. The fraction of sp³-hybridized carbons (Fsp3) is 0.766. The molecule has 4 amide bonds. The minimum Gasteiger partial charge on any atom is -0.448 e. The zero-order valence-corrected chi connectivity index (χ0v) is 65.6. The molecule has 31 nitrogen and oxygen atoms in total. The molecule has 10 heterocycles. The number of nitrogens with zero attached hydrogens (tertiary/aromatic N) is 5. The van der Waals surface area contributed by atoms with Crippen LogP contribution in [0.2, 0.25) is 0 Å². The number of carbonyl (C=O) groups is 6. The second kappa shape index (κ2) is 39.8. The molecule has 2 aromatic rings. The maximum atomic E-state index is 14.6. The van der Waals surface area contributed by atoms with E-state index in [1.54, 1.807) is 63.8 Å². The summed E-state index contributed by atoms with van der Waals surface area (Å²) in [4.78, 5) is 82.9. The number of benzene rings is 1.